The lowest BCUT2D eigenvalue weighted by Crippen LogP contribution is -2.14. The fourth-order valence-electron chi connectivity index (χ4n) is 1.63. The molecule has 0 spiro atoms. The first-order chi connectivity index (χ1) is 8.56. The van der Waals surface area contributed by atoms with Gasteiger partial charge in [0.2, 0.25) is 0 Å². The number of anilines is 2. The highest BCUT2D eigenvalue weighted by Crippen LogP contribution is 2.17. The molecule has 18 heavy (non-hydrogen) atoms. The molecule has 2 rings (SSSR count). The molecular formula is C14H13IN2O. The van der Waals surface area contributed by atoms with Gasteiger partial charge in [0.15, 0.2) is 0 Å². The van der Waals surface area contributed by atoms with Crippen LogP contribution >= 0.6 is 22.6 Å². The van der Waals surface area contributed by atoms with Crippen molar-refractivity contribution in [1.29, 1.82) is 0 Å². The van der Waals surface area contributed by atoms with Crippen LogP contribution < -0.4 is 11.1 Å². The molecule has 4 heteroatoms. The molecule has 3 N–H and O–H groups in total. The predicted molar refractivity (Wildman–Crippen MR) is 82.7 cm³/mol. The summed E-state index contributed by atoms with van der Waals surface area (Å²) in [5.74, 6) is -0.182. The molecule has 0 atom stereocenters. The van der Waals surface area contributed by atoms with Gasteiger partial charge in [-0.2, -0.15) is 0 Å². The molecule has 1 amide bonds. The summed E-state index contributed by atoms with van der Waals surface area (Å²) < 4.78 is 1.07. The molecule has 0 heterocycles. The minimum absolute atomic E-state index is 0.182. The standard InChI is InChI=1S/C14H13IN2O/c1-9-5-6-13(16)12(7-9)14(18)17-11-4-2-3-10(15)8-11/h2-8H,16H2,1H3,(H,17,18). The van der Waals surface area contributed by atoms with Gasteiger partial charge in [-0.1, -0.05) is 17.7 Å². The maximum atomic E-state index is 12.1. The quantitative estimate of drug-likeness (QED) is 0.643. The van der Waals surface area contributed by atoms with E-state index in [-0.39, 0.29) is 5.91 Å². The van der Waals surface area contributed by atoms with Crippen LogP contribution in [0.1, 0.15) is 15.9 Å². The number of rotatable bonds is 2. The number of carbonyl (C=O) groups is 1. The van der Waals surface area contributed by atoms with E-state index >= 15 is 0 Å². The van der Waals surface area contributed by atoms with Crippen molar-refractivity contribution >= 4 is 39.9 Å². The van der Waals surface area contributed by atoms with Crippen molar-refractivity contribution in [1.82, 2.24) is 0 Å². The molecule has 0 unspecified atom stereocenters. The molecule has 0 aliphatic carbocycles. The number of hydrogen-bond donors (Lipinski definition) is 2. The molecule has 2 aromatic carbocycles. The summed E-state index contributed by atoms with van der Waals surface area (Å²) in [6.45, 7) is 1.93. The number of benzene rings is 2. The summed E-state index contributed by atoms with van der Waals surface area (Å²) in [5, 5.41) is 2.84. The topological polar surface area (TPSA) is 55.1 Å². The Labute approximate surface area is 120 Å². The largest absolute Gasteiger partial charge is 0.398 e. The molecule has 0 radical (unpaired) electrons. The average molecular weight is 352 g/mol. The predicted octanol–water partition coefficient (Wildman–Crippen LogP) is 3.43. The third-order valence-electron chi connectivity index (χ3n) is 2.54. The van der Waals surface area contributed by atoms with Crippen LogP contribution in [0.2, 0.25) is 0 Å². The highest BCUT2D eigenvalue weighted by atomic mass is 127. The lowest BCUT2D eigenvalue weighted by molar-refractivity contribution is 0.102. The van der Waals surface area contributed by atoms with Gasteiger partial charge < -0.3 is 11.1 Å². The van der Waals surface area contributed by atoms with Crippen LogP contribution in [-0.4, -0.2) is 5.91 Å². The maximum Gasteiger partial charge on any atom is 0.257 e. The van der Waals surface area contributed by atoms with Gasteiger partial charge in [-0.05, 0) is 59.8 Å². The third-order valence-corrected chi connectivity index (χ3v) is 3.21. The second-order valence-electron chi connectivity index (χ2n) is 4.06. The van der Waals surface area contributed by atoms with Crippen LogP contribution in [0.3, 0.4) is 0 Å². The molecule has 2 aromatic rings. The number of halogens is 1. The summed E-state index contributed by atoms with van der Waals surface area (Å²) >= 11 is 2.20. The van der Waals surface area contributed by atoms with Gasteiger partial charge in [0.25, 0.3) is 5.91 Å². The zero-order chi connectivity index (χ0) is 13.1. The normalized spacial score (nSPS) is 10.1. The fourth-order valence-corrected chi connectivity index (χ4v) is 2.17. The van der Waals surface area contributed by atoms with Crippen molar-refractivity contribution in [3.05, 3.63) is 57.2 Å². The van der Waals surface area contributed by atoms with E-state index in [1.807, 2.05) is 37.3 Å². The number of nitrogens with two attached hydrogens (primary N) is 1. The smallest absolute Gasteiger partial charge is 0.257 e. The first kappa shape index (κ1) is 12.9. The first-order valence-electron chi connectivity index (χ1n) is 5.49. The van der Waals surface area contributed by atoms with E-state index in [0.29, 0.717) is 11.3 Å². The van der Waals surface area contributed by atoms with E-state index in [4.69, 9.17) is 5.73 Å². The minimum atomic E-state index is -0.182. The average Bonchev–Trinajstić information content (AvgIpc) is 2.32. The highest BCUT2D eigenvalue weighted by molar-refractivity contribution is 14.1. The Morgan fingerprint density at radius 1 is 1.22 bits per heavy atom. The number of amides is 1. The molecular weight excluding hydrogens is 339 g/mol. The summed E-state index contributed by atoms with van der Waals surface area (Å²) in [7, 11) is 0. The molecule has 0 aliphatic rings. The minimum Gasteiger partial charge on any atom is -0.398 e. The van der Waals surface area contributed by atoms with Crippen molar-refractivity contribution in [2.45, 2.75) is 6.92 Å². The Kier molecular flexibility index (Phi) is 3.86. The number of carbonyl (C=O) groups excluding carboxylic acids is 1. The zero-order valence-electron chi connectivity index (χ0n) is 9.91. The van der Waals surface area contributed by atoms with E-state index in [1.54, 1.807) is 12.1 Å². The monoisotopic (exact) mass is 352 g/mol. The lowest BCUT2D eigenvalue weighted by Gasteiger charge is -2.08. The molecule has 0 bridgehead atoms. The first-order valence-corrected chi connectivity index (χ1v) is 6.57. The van der Waals surface area contributed by atoms with Crippen molar-refractivity contribution in [2.75, 3.05) is 11.1 Å². The number of aryl methyl sites for hydroxylation is 1. The number of nitrogen functional groups attached to an aromatic ring is 1. The van der Waals surface area contributed by atoms with Crippen LogP contribution in [0, 0.1) is 10.5 Å². The Morgan fingerprint density at radius 3 is 2.72 bits per heavy atom. The second-order valence-corrected chi connectivity index (χ2v) is 5.30. The van der Waals surface area contributed by atoms with E-state index in [1.165, 1.54) is 0 Å². The Bertz CT molecular complexity index is 596. The van der Waals surface area contributed by atoms with Crippen LogP contribution in [-0.2, 0) is 0 Å². The van der Waals surface area contributed by atoms with Gasteiger partial charge in [0.1, 0.15) is 0 Å². The summed E-state index contributed by atoms with van der Waals surface area (Å²) in [6, 6.07) is 13.1. The number of nitrogens with one attached hydrogen (secondary N) is 1. The van der Waals surface area contributed by atoms with Crippen molar-refractivity contribution in [3.63, 3.8) is 0 Å². The molecule has 0 aromatic heterocycles. The zero-order valence-corrected chi connectivity index (χ0v) is 12.1. The van der Waals surface area contributed by atoms with Crippen molar-refractivity contribution in [2.24, 2.45) is 0 Å². The fraction of sp³-hybridized carbons (Fsp3) is 0.0714. The van der Waals surface area contributed by atoms with Crippen LogP contribution in [0.15, 0.2) is 42.5 Å². The second kappa shape index (κ2) is 5.39. The summed E-state index contributed by atoms with van der Waals surface area (Å²) in [6.07, 6.45) is 0. The molecule has 0 fully saturated rings. The Morgan fingerprint density at radius 2 is 2.00 bits per heavy atom. The van der Waals surface area contributed by atoms with E-state index < -0.39 is 0 Å². The van der Waals surface area contributed by atoms with Gasteiger partial charge in [-0.15, -0.1) is 0 Å². The molecule has 0 saturated carbocycles. The van der Waals surface area contributed by atoms with Crippen molar-refractivity contribution < 1.29 is 4.79 Å². The SMILES string of the molecule is Cc1ccc(N)c(C(=O)Nc2cccc(I)c2)c1. The van der Waals surface area contributed by atoms with Gasteiger partial charge in [-0.3, -0.25) is 4.79 Å². The third kappa shape index (κ3) is 3.01. The van der Waals surface area contributed by atoms with Crippen LogP contribution in [0.4, 0.5) is 11.4 Å². The maximum absolute atomic E-state index is 12.1. The Balaban J connectivity index is 2.24. The highest BCUT2D eigenvalue weighted by Gasteiger charge is 2.10. The van der Waals surface area contributed by atoms with Gasteiger partial charge in [0.05, 0.1) is 5.56 Å². The Hall–Kier alpha value is -1.56. The van der Waals surface area contributed by atoms with Crippen LogP contribution in [0.5, 0.6) is 0 Å². The van der Waals surface area contributed by atoms with Gasteiger partial charge in [0, 0.05) is 14.9 Å². The van der Waals surface area contributed by atoms with E-state index in [2.05, 4.69) is 27.9 Å². The van der Waals surface area contributed by atoms with Crippen molar-refractivity contribution in [3.8, 4) is 0 Å². The van der Waals surface area contributed by atoms with E-state index in [9.17, 15) is 4.79 Å². The molecule has 92 valence electrons. The van der Waals surface area contributed by atoms with Gasteiger partial charge >= 0.3 is 0 Å². The molecule has 0 saturated heterocycles. The van der Waals surface area contributed by atoms with Gasteiger partial charge in [-0.25, -0.2) is 0 Å². The lowest BCUT2D eigenvalue weighted by atomic mass is 10.1. The van der Waals surface area contributed by atoms with Crippen LogP contribution in [0.25, 0.3) is 0 Å². The van der Waals surface area contributed by atoms with E-state index in [0.717, 1.165) is 14.8 Å². The summed E-state index contributed by atoms with van der Waals surface area (Å²) in [4.78, 5) is 12.1. The summed E-state index contributed by atoms with van der Waals surface area (Å²) in [5.41, 5.74) is 8.59. The molecule has 3 nitrogen and oxygen atoms in total. The number of hydrogen-bond acceptors (Lipinski definition) is 2. The molecule has 0 aliphatic heterocycles.